The van der Waals surface area contributed by atoms with Crippen LogP contribution in [0.15, 0.2) is 0 Å². The maximum atomic E-state index is 10.3. The number of ether oxygens (including phenoxy) is 2. The van der Waals surface area contributed by atoms with Crippen LogP contribution >= 0.6 is 0 Å². The fourth-order valence-corrected chi connectivity index (χ4v) is 0.702. The Kier molecular flexibility index (Phi) is 6.54. The van der Waals surface area contributed by atoms with Crippen molar-refractivity contribution in [2.45, 2.75) is 33.5 Å². The molecule has 0 aromatic carbocycles. The van der Waals surface area contributed by atoms with Crippen LogP contribution in [0.1, 0.15) is 27.2 Å². The minimum atomic E-state index is -0.351. The lowest BCUT2D eigenvalue weighted by atomic mass is 10.2. The molecule has 78 valence electrons. The van der Waals surface area contributed by atoms with Gasteiger partial charge in [-0.1, -0.05) is 13.8 Å². The molecule has 0 saturated heterocycles. The van der Waals surface area contributed by atoms with E-state index in [0.29, 0.717) is 19.1 Å². The molecule has 0 aromatic heterocycles. The fourth-order valence-electron chi connectivity index (χ4n) is 0.702. The normalized spacial score (nSPS) is 13.2. The minimum absolute atomic E-state index is 0.245. The first-order valence-electron chi connectivity index (χ1n) is 4.54. The summed E-state index contributed by atoms with van der Waals surface area (Å²) in [5, 5.41) is 0. The number of carbonyl (C=O) groups excluding carboxylic acids is 1. The second-order valence-electron chi connectivity index (χ2n) is 3.38. The highest BCUT2D eigenvalue weighted by Crippen LogP contribution is 1.99. The number of hydrogen-bond acceptors (Lipinski definition) is 3. The van der Waals surface area contributed by atoms with Gasteiger partial charge in [0.15, 0.2) is 6.29 Å². The van der Waals surface area contributed by atoms with Gasteiger partial charge in [-0.05, 0) is 12.8 Å². The van der Waals surface area contributed by atoms with Crippen molar-refractivity contribution < 1.29 is 14.3 Å². The van der Waals surface area contributed by atoms with Crippen LogP contribution in [0.5, 0.6) is 0 Å². The lowest BCUT2D eigenvalue weighted by Crippen LogP contribution is -2.20. The van der Waals surface area contributed by atoms with Gasteiger partial charge in [0.2, 0.25) is 5.91 Å². The second-order valence-corrected chi connectivity index (χ2v) is 3.38. The Labute approximate surface area is 79.4 Å². The van der Waals surface area contributed by atoms with Crippen LogP contribution in [0.2, 0.25) is 0 Å². The molecule has 0 heterocycles. The summed E-state index contributed by atoms with van der Waals surface area (Å²) in [4.78, 5) is 10.3. The van der Waals surface area contributed by atoms with Crippen molar-refractivity contribution >= 4 is 5.91 Å². The van der Waals surface area contributed by atoms with E-state index in [4.69, 9.17) is 15.2 Å². The van der Waals surface area contributed by atoms with E-state index >= 15 is 0 Å². The number of rotatable bonds is 7. The molecule has 1 unspecified atom stereocenters. The van der Waals surface area contributed by atoms with E-state index in [1.54, 1.807) is 0 Å². The average Bonchev–Trinajstić information content (AvgIpc) is 2.00. The van der Waals surface area contributed by atoms with Crippen molar-refractivity contribution in [2.24, 2.45) is 11.7 Å². The van der Waals surface area contributed by atoms with E-state index in [0.717, 1.165) is 0 Å². The molecule has 0 spiro atoms. The van der Waals surface area contributed by atoms with Crippen LogP contribution in [0.4, 0.5) is 0 Å². The van der Waals surface area contributed by atoms with Crippen LogP contribution in [0.25, 0.3) is 0 Å². The number of primary amides is 1. The summed E-state index contributed by atoms with van der Waals surface area (Å²) in [5.74, 6) is 0.137. The lowest BCUT2D eigenvalue weighted by Gasteiger charge is -2.14. The molecule has 0 bridgehead atoms. The molecule has 0 aliphatic carbocycles. The summed E-state index contributed by atoms with van der Waals surface area (Å²) in [6.45, 7) is 6.93. The molecule has 1 amide bonds. The SMILES string of the molecule is CC(C)COC(C)OCCC(N)=O. The number of carbonyl (C=O) groups is 1. The Balaban J connectivity index is 3.29. The van der Waals surface area contributed by atoms with E-state index in [9.17, 15) is 4.79 Å². The molecule has 2 N–H and O–H groups in total. The first-order chi connectivity index (χ1) is 6.02. The molecule has 0 fully saturated rings. The Morgan fingerprint density at radius 1 is 1.31 bits per heavy atom. The molecule has 0 aliphatic heterocycles. The molecule has 1 atom stereocenters. The first-order valence-corrected chi connectivity index (χ1v) is 4.54. The molecule has 0 radical (unpaired) electrons. The summed E-state index contributed by atoms with van der Waals surface area (Å²) in [6.07, 6.45) is -0.0169. The van der Waals surface area contributed by atoms with E-state index in [-0.39, 0.29) is 18.6 Å². The average molecular weight is 189 g/mol. The van der Waals surface area contributed by atoms with E-state index in [2.05, 4.69) is 13.8 Å². The zero-order chi connectivity index (χ0) is 10.3. The van der Waals surface area contributed by atoms with Gasteiger partial charge < -0.3 is 15.2 Å². The van der Waals surface area contributed by atoms with Gasteiger partial charge in [-0.3, -0.25) is 4.79 Å². The largest absolute Gasteiger partial charge is 0.370 e. The third-order valence-electron chi connectivity index (χ3n) is 1.37. The Bertz CT molecular complexity index is 148. The van der Waals surface area contributed by atoms with Gasteiger partial charge >= 0.3 is 0 Å². The second kappa shape index (κ2) is 6.86. The summed E-state index contributed by atoms with van der Waals surface area (Å²) >= 11 is 0. The summed E-state index contributed by atoms with van der Waals surface area (Å²) < 4.78 is 10.5. The Morgan fingerprint density at radius 2 is 1.92 bits per heavy atom. The van der Waals surface area contributed by atoms with Crippen LogP contribution in [-0.2, 0) is 14.3 Å². The summed E-state index contributed by atoms with van der Waals surface area (Å²) in [5.41, 5.74) is 4.94. The van der Waals surface area contributed by atoms with Crippen LogP contribution in [0.3, 0.4) is 0 Å². The molecule has 0 saturated carbocycles. The van der Waals surface area contributed by atoms with E-state index in [1.165, 1.54) is 0 Å². The zero-order valence-electron chi connectivity index (χ0n) is 8.58. The zero-order valence-corrected chi connectivity index (χ0v) is 8.58. The van der Waals surface area contributed by atoms with Gasteiger partial charge in [0, 0.05) is 6.42 Å². The Hall–Kier alpha value is -0.610. The molecule has 4 nitrogen and oxygen atoms in total. The Morgan fingerprint density at radius 3 is 2.38 bits per heavy atom. The lowest BCUT2D eigenvalue weighted by molar-refractivity contribution is -0.141. The highest BCUT2D eigenvalue weighted by molar-refractivity contribution is 5.73. The highest BCUT2D eigenvalue weighted by atomic mass is 16.7. The fraction of sp³-hybridized carbons (Fsp3) is 0.889. The van der Waals surface area contributed by atoms with Gasteiger partial charge in [-0.2, -0.15) is 0 Å². The predicted octanol–water partition coefficient (Wildman–Crippen LogP) is 0.897. The monoisotopic (exact) mass is 189 g/mol. The third kappa shape index (κ3) is 9.30. The highest BCUT2D eigenvalue weighted by Gasteiger charge is 2.04. The van der Waals surface area contributed by atoms with Crippen LogP contribution in [-0.4, -0.2) is 25.4 Å². The molecule has 0 aromatic rings. The van der Waals surface area contributed by atoms with Crippen molar-refractivity contribution in [1.29, 1.82) is 0 Å². The standard InChI is InChI=1S/C9H19NO3/c1-7(2)6-13-8(3)12-5-4-9(10)11/h7-8H,4-6H2,1-3H3,(H2,10,11). The van der Waals surface area contributed by atoms with Crippen molar-refractivity contribution in [2.75, 3.05) is 13.2 Å². The van der Waals surface area contributed by atoms with Crippen molar-refractivity contribution in [3.8, 4) is 0 Å². The van der Waals surface area contributed by atoms with Crippen molar-refractivity contribution in [3.63, 3.8) is 0 Å². The van der Waals surface area contributed by atoms with Gasteiger partial charge in [0.25, 0.3) is 0 Å². The predicted molar refractivity (Wildman–Crippen MR) is 50.0 cm³/mol. The molecule has 13 heavy (non-hydrogen) atoms. The molecular weight excluding hydrogens is 170 g/mol. The number of hydrogen-bond donors (Lipinski definition) is 1. The summed E-state index contributed by atoms with van der Waals surface area (Å²) in [7, 11) is 0. The van der Waals surface area contributed by atoms with Crippen LogP contribution in [0, 0.1) is 5.92 Å². The smallest absolute Gasteiger partial charge is 0.219 e. The van der Waals surface area contributed by atoms with Gasteiger partial charge in [0.1, 0.15) is 0 Å². The van der Waals surface area contributed by atoms with Gasteiger partial charge in [0.05, 0.1) is 13.2 Å². The van der Waals surface area contributed by atoms with Crippen molar-refractivity contribution in [3.05, 3.63) is 0 Å². The number of amides is 1. The maximum absolute atomic E-state index is 10.3. The number of nitrogens with two attached hydrogens (primary N) is 1. The summed E-state index contributed by atoms with van der Waals surface area (Å²) in [6, 6.07) is 0. The molecule has 0 aliphatic rings. The van der Waals surface area contributed by atoms with Crippen molar-refractivity contribution in [1.82, 2.24) is 0 Å². The maximum Gasteiger partial charge on any atom is 0.219 e. The van der Waals surface area contributed by atoms with E-state index in [1.807, 2.05) is 6.92 Å². The van der Waals surface area contributed by atoms with Gasteiger partial charge in [-0.25, -0.2) is 0 Å². The third-order valence-corrected chi connectivity index (χ3v) is 1.37. The first kappa shape index (κ1) is 12.4. The van der Waals surface area contributed by atoms with E-state index < -0.39 is 0 Å². The molecular formula is C9H19NO3. The van der Waals surface area contributed by atoms with Gasteiger partial charge in [-0.15, -0.1) is 0 Å². The van der Waals surface area contributed by atoms with Crippen LogP contribution < -0.4 is 5.73 Å². The molecule has 0 rings (SSSR count). The minimum Gasteiger partial charge on any atom is -0.370 e. The quantitative estimate of drug-likeness (QED) is 0.605. The topological polar surface area (TPSA) is 61.6 Å². The molecule has 4 heteroatoms.